The lowest BCUT2D eigenvalue weighted by Gasteiger charge is -2.27. The first kappa shape index (κ1) is 20.8. The van der Waals surface area contributed by atoms with E-state index in [0.29, 0.717) is 46.2 Å². The Morgan fingerprint density at radius 1 is 1.23 bits per heavy atom. The fourth-order valence-electron chi connectivity index (χ4n) is 3.74. The molecule has 2 aromatic carbocycles. The van der Waals surface area contributed by atoms with Crippen LogP contribution in [0.2, 0.25) is 0 Å². The second kappa shape index (κ2) is 8.70. The highest BCUT2D eigenvalue weighted by Gasteiger charge is 2.21. The highest BCUT2D eigenvalue weighted by molar-refractivity contribution is 5.81. The number of ether oxygens (including phenoxy) is 1. The Morgan fingerprint density at radius 2 is 1.94 bits per heavy atom. The molecule has 1 aliphatic rings. The third kappa shape index (κ3) is 4.07. The number of halogens is 1. The minimum Gasteiger partial charge on any atom is -0.494 e. The molecule has 0 saturated carbocycles. The molecule has 0 atom stereocenters. The molecule has 1 fully saturated rings. The van der Waals surface area contributed by atoms with E-state index < -0.39 is 5.82 Å². The third-order valence-corrected chi connectivity index (χ3v) is 5.74. The van der Waals surface area contributed by atoms with E-state index >= 15 is 0 Å². The molecule has 0 spiro atoms. The van der Waals surface area contributed by atoms with Crippen LogP contribution in [0.5, 0.6) is 5.75 Å². The Hall–Kier alpha value is -3.50. The first-order chi connectivity index (χ1) is 15.0. The lowest BCUT2D eigenvalue weighted by atomic mass is 9.96. The van der Waals surface area contributed by atoms with Crippen molar-refractivity contribution in [2.45, 2.75) is 12.8 Å². The van der Waals surface area contributed by atoms with Gasteiger partial charge in [0.2, 0.25) is 0 Å². The molecule has 1 aromatic heterocycles. The summed E-state index contributed by atoms with van der Waals surface area (Å²) in [7, 11) is 3.11. The Balaban J connectivity index is 1.87. The average Bonchev–Trinajstić information content (AvgIpc) is 2.75. The van der Waals surface area contributed by atoms with Gasteiger partial charge in [0.1, 0.15) is 5.82 Å². The van der Waals surface area contributed by atoms with E-state index in [1.807, 2.05) is 0 Å². The number of aromatic nitrogens is 2. The minimum absolute atomic E-state index is 0.113. The molecule has 0 amide bonds. The molecule has 158 valence electrons. The Morgan fingerprint density at radius 3 is 2.52 bits per heavy atom. The van der Waals surface area contributed by atoms with E-state index in [2.05, 4.69) is 10.2 Å². The summed E-state index contributed by atoms with van der Waals surface area (Å²) in [5.41, 5.74) is 2.24. The minimum atomic E-state index is -0.544. The lowest BCUT2D eigenvalue weighted by molar-refractivity contribution is 0.324. The van der Waals surface area contributed by atoms with Crippen LogP contribution < -0.4 is 15.6 Å². The molecule has 2 heterocycles. The van der Waals surface area contributed by atoms with Crippen LogP contribution in [0.4, 0.5) is 10.1 Å². The molecule has 1 aliphatic heterocycles. The SMILES string of the molecule is [C-]#[N+]c1ccc(-c2nc(CCC3CNC3)n(C)c(=O)c2-c2ccc(OC)c(F)c2)cc1. The lowest BCUT2D eigenvalue weighted by Crippen LogP contribution is -2.42. The van der Waals surface area contributed by atoms with Crippen LogP contribution in [-0.2, 0) is 13.5 Å². The molecule has 0 unspecified atom stereocenters. The summed E-state index contributed by atoms with van der Waals surface area (Å²) in [4.78, 5) is 21.7. The highest BCUT2D eigenvalue weighted by atomic mass is 19.1. The zero-order valence-corrected chi connectivity index (χ0v) is 17.5. The van der Waals surface area contributed by atoms with E-state index in [0.717, 1.165) is 19.5 Å². The van der Waals surface area contributed by atoms with Gasteiger partial charge in [0.25, 0.3) is 5.56 Å². The summed E-state index contributed by atoms with van der Waals surface area (Å²) < 4.78 is 21.0. The molecule has 1 N–H and O–H groups in total. The van der Waals surface area contributed by atoms with Gasteiger partial charge < -0.3 is 10.1 Å². The van der Waals surface area contributed by atoms with Gasteiger partial charge in [-0.3, -0.25) is 9.36 Å². The summed E-state index contributed by atoms with van der Waals surface area (Å²) in [6.07, 6.45) is 1.63. The summed E-state index contributed by atoms with van der Waals surface area (Å²) in [6.45, 7) is 9.15. The predicted octanol–water partition coefficient (Wildman–Crippen LogP) is 3.96. The standard InChI is InChI=1S/C24H23FN4O2/c1-26-18-8-5-16(6-9-18)23-22(17-7-10-20(31-3)19(25)12-17)24(30)29(2)21(28-23)11-4-15-13-27-14-15/h5-10,12,15,27H,4,11,13-14H2,2-3H3. The topological polar surface area (TPSA) is 60.5 Å². The number of rotatable bonds is 6. The molecular formula is C24H23FN4O2. The van der Waals surface area contributed by atoms with Crippen LogP contribution >= 0.6 is 0 Å². The summed E-state index contributed by atoms with van der Waals surface area (Å²) >= 11 is 0. The van der Waals surface area contributed by atoms with Crippen LogP contribution in [0.15, 0.2) is 47.3 Å². The monoisotopic (exact) mass is 418 g/mol. The molecule has 0 aliphatic carbocycles. The average molecular weight is 418 g/mol. The number of benzene rings is 2. The number of methoxy groups -OCH3 is 1. The van der Waals surface area contributed by atoms with Crippen molar-refractivity contribution >= 4 is 5.69 Å². The van der Waals surface area contributed by atoms with Gasteiger partial charge in [-0.1, -0.05) is 30.3 Å². The second-order valence-corrected chi connectivity index (χ2v) is 7.69. The van der Waals surface area contributed by atoms with Crippen molar-refractivity contribution in [2.24, 2.45) is 13.0 Å². The Bertz CT molecular complexity index is 1210. The molecule has 3 aromatic rings. The van der Waals surface area contributed by atoms with E-state index in [4.69, 9.17) is 16.3 Å². The maximum Gasteiger partial charge on any atom is 0.261 e. The summed E-state index contributed by atoms with van der Waals surface area (Å²) in [5.74, 6) is 0.854. The number of nitrogens with zero attached hydrogens (tertiary/aromatic N) is 3. The Labute approximate surface area is 180 Å². The fourth-order valence-corrected chi connectivity index (χ4v) is 3.74. The molecule has 0 radical (unpaired) electrons. The number of hydrogen-bond acceptors (Lipinski definition) is 4. The van der Waals surface area contributed by atoms with Crippen LogP contribution in [0.3, 0.4) is 0 Å². The largest absolute Gasteiger partial charge is 0.494 e. The van der Waals surface area contributed by atoms with Crippen molar-refractivity contribution in [1.29, 1.82) is 0 Å². The number of aryl methyl sites for hydroxylation is 1. The predicted molar refractivity (Wildman–Crippen MR) is 118 cm³/mol. The zero-order chi connectivity index (χ0) is 22.0. The maximum atomic E-state index is 14.4. The highest BCUT2D eigenvalue weighted by Crippen LogP contribution is 2.32. The van der Waals surface area contributed by atoms with Gasteiger partial charge in [0.15, 0.2) is 17.3 Å². The van der Waals surface area contributed by atoms with E-state index in [1.165, 1.54) is 19.2 Å². The van der Waals surface area contributed by atoms with Crippen LogP contribution in [-0.4, -0.2) is 29.8 Å². The number of hydrogen-bond donors (Lipinski definition) is 1. The van der Waals surface area contributed by atoms with Gasteiger partial charge >= 0.3 is 0 Å². The third-order valence-electron chi connectivity index (χ3n) is 5.74. The van der Waals surface area contributed by atoms with Crippen LogP contribution in [0.25, 0.3) is 27.2 Å². The van der Waals surface area contributed by atoms with Crippen molar-refractivity contribution < 1.29 is 9.13 Å². The van der Waals surface area contributed by atoms with Crippen LogP contribution in [0, 0.1) is 18.3 Å². The first-order valence-electron chi connectivity index (χ1n) is 10.1. The van der Waals surface area contributed by atoms with E-state index in [1.54, 1.807) is 41.9 Å². The number of nitrogens with one attached hydrogen (secondary N) is 1. The molecular weight excluding hydrogens is 395 g/mol. The smallest absolute Gasteiger partial charge is 0.261 e. The van der Waals surface area contributed by atoms with Crippen molar-refractivity contribution in [3.63, 3.8) is 0 Å². The van der Waals surface area contributed by atoms with Gasteiger partial charge in [-0.2, -0.15) is 0 Å². The van der Waals surface area contributed by atoms with Gasteiger partial charge in [0.05, 0.1) is 24.9 Å². The molecule has 31 heavy (non-hydrogen) atoms. The maximum absolute atomic E-state index is 14.4. The van der Waals surface area contributed by atoms with E-state index in [-0.39, 0.29) is 11.3 Å². The van der Waals surface area contributed by atoms with Crippen LogP contribution in [0.1, 0.15) is 12.2 Å². The Kier molecular flexibility index (Phi) is 5.83. The summed E-state index contributed by atoms with van der Waals surface area (Å²) in [5, 5.41) is 3.26. The molecule has 7 heteroatoms. The quantitative estimate of drug-likeness (QED) is 0.616. The fraction of sp³-hybridized carbons (Fsp3) is 0.292. The van der Waals surface area contributed by atoms with Gasteiger partial charge in [0, 0.05) is 13.5 Å². The molecule has 4 rings (SSSR count). The van der Waals surface area contributed by atoms with Gasteiger partial charge in [-0.15, -0.1) is 0 Å². The van der Waals surface area contributed by atoms with Crippen molar-refractivity contribution in [2.75, 3.05) is 20.2 Å². The second-order valence-electron chi connectivity index (χ2n) is 7.69. The molecule has 1 saturated heterocycles. The first-order valence-corrected chi connectivity index (χ1v) is 10.1. The molecule has 6 nitrogen and oxygen atoms in total. The summed E-state index contributed by atoms with van der Waals surface area (Å²) in [6, 6.07) is 11.4. The molecule has 0 bridgehead atoms. The van der Waals surface area contributed by atoms with Gasteiger partial charge in [-0.25, -0.2) is 14.2 Å². The van der Waals surface area contributed by atoms with Crippen molar-refractivity contribution in [1.82, 2.24) is 14.9 Å². The van der Waals surface area contributed by atoms with E-state index in [9.17, 15) is 9.18 Å². The van der Waals surface area contributed by atoms with Crippen molar-refractivity contribution in [3.05, 3.63) is 75.9 Å². The van der Waals surface area contributed by atoms with Crippen molar-refractivity contribution in [3.8, 4) is 28.1 Å². The van der Waals surface area contributed by atoms with Gasteiger partial charge in [-0.05, 0) is 48.7 Å². The normalized spacial score (nSPS) is 13.5. The zero-order valence-electron chi connectivity index (χ0n) is 17.5.